The number of hydrogen-bond acceptors (Lipinski definition) is 8. The first-order chi connectivity index (χ1) is 25.5. The molecule has 3 N–H and O–H groups in total. The molecular weight excluding hydrogens is 687 g/mol. The summed E-state index contributed by atoms with van der Waals surface area (Å²) in [6, 6.07) is 17.1. The topological polar surface area (TPSA) is 134 Å². The highest BCUT2D eigenvalue weighted by atomic mass is 32.1. The summed E-state index contributed by atoms with van der Waals surface area (Å²) in [6.07, 6.45) is 11.8. The number of carbonyl (C=O) groups excluding carboxylic acids is 2. The monoisotopic (exact) mass is 739 g/mol. The smallest absolute Gasteiger partial charge is 0.327 e. The molecule has 2 atom stereocenters. The summed E-state index contributed by atoms with van der Waals surface area (Å²) in [5, 5.41) is 15.5. The average molecular weight is 740 g/mol. The van der Waals surface area contributed by atoms with Crippen molar-refractivity contribution in [3.05, 3.63) is 88.4 Å². The van der Waals surface area contributed by atoms with Crippen LogP contribution in [0.5, 0.6) is 5.75 Å². The number of nitrogens with one attached hydrogen (secondary N) is 2. The van der Waals surface area contributed by atoms with Crippen molar-refractivity contribution < 1.29 is 24.2 Å². The van der Waals surface area contributed by atoms with Gasteiger partial charge >= 0.3 is 5.97 Å². The van der Waals surface area contributed by atoms with E-state index in [1.54, 1.807) is 18.5 Å². The molecule has 0 radical (unpaired) electrons. The summed E-state index contributed by atoms with van der Waals surface area (Å²) in [6.45, 7) is 11.0. The lowest BCUT2D eigenvalue weighted by molar-refractivity contribution is -0.142. The van der Waals surface area contributed by atoms with E-state index >= 15 is 0 Å². The molecule has 3 heterocycles. The van der Waals surface area contributed by atoms with Gasteiger partial charge in [-0.1, -0.05) is 89.8 Å². The van der Waals surface area contributed by atoms with Gasteiger partial charge in [-0.25, -0.2) is 14.8 Å². The van der Waals surface area contributed by atoms with E-state index in [0.717, 1.165) is 71.8 Å². The summed E-state index contributed by atoms with van der Waals surface area (Å²) in [4.78, 5) is 52.1. The number of aromatic nitrogens is 2. The van der Waals surface area contributed by atoms with Crippen LogP contribution in [0.4, 0.5) is 0 Å². The van der Waals surface area contributed by atoms with Gasteiger partial charge < -0.3 is 25.4 Å². The zero-order valence-corrected chi connectivity index (χ0v) is 32.2. The van der Waals surface area contributed by atoms with Gasteiger partial charge in [0.05, 0.1) is 11.5 Å². The summed E-state index contributed by atoms with van der Waals surface area (Å²) in [5.41, 5.74) is 3.37. The standard InChI is InChI=1S/C42H53N5O5S/c1-5-6-7-8-11-24-52-33-18-16-30(17-19-33)32-26-43-38(44-27-32)31-14-12-29(13-15-31)25-34(45-40(49)36-20-21-37(53-36)42(2,3)4)39(48)46-35(41(50)51)28-47-22-9-10-23-47/h12-21,26-27,34-35H,5-11,22-25,28H2,1-4H3,(H,45,49)(H,46,48)(H,50,51). The van der Waals surface area contributed by atoms with Crippen LogP contribution in [0.3, 0.4) is 0 Å². The zero-order valence-electron chi connectivity index (χ0n) is 31.4. The van der Waals surface area contributed by atoms with Crippen LogP contribution in [0.25, 0.3) is 22.5 Å². The van der Waals surface area contributed by atoms with Gasteiger partial charge in [-0.2, -0.15) is 0 Å². The van der Waals surface area contributed by atoms with Gasteiger partial charge in [-0.15, -0.1) is 11.3 Å². The van der Waals surface area contributed by atoms with Gasteiger partial charge in [0.25, 0.3) is 5.91 Å². The molecule has 2 aromatic carbocycles. The lowest BCUT2D eigenvalue weighted by Crippen LogP contribution is -2.55. The van der Waals surface area contributed by atoms with Crippen molar-refractivity contribution in [3.8, 4) is 28.3 Å². The van der Waals surface area contributed by atoms with Crippen LogP contribution in [0, 0.1) is 0 Å². The molecule has 282 valence electrons. The Balaban J connectivity index is 1.24. The number of likely N-dealkylation sites (tertiary alicyclic amines) is 1. The number of thiophene rings is 1. The summed E-state index contributed by atoms with van der Waals surface area (Å²) < 4.78 is 5.90. The Kier molecular flexibility index (Phi) is 14.1. The first-order valence-electron chi connectivity index (χ1n) is 18.8. The fraction of sp³-hybridized carbons (Fsp3) is 0.452. The highest BCUT2D eigenvalue weighted by Crippen LogP contribution is 2.30. The van der Waals surface area contributed by atoms with Crippen LogP contribution in [-0.2, 0) is 21.4 Å². The van der Waals surface area contributed by atoms with E-state index in [4.69, 9.17) is 4.74 Å². The van der Waals surface area contributed by atoms with Crippen molar-refractivity contribution in [2.75, 3.05) is 26.2 Å². The summed E-state index contributed by atoms with van der Waals surface area (Å²) in [7, 11) is 0. The van der Waals surface area contributed by atoms with E-state index < -0.39 is 24.0 Å². The average Bonchev–Trinajstić information content (AvgIpc) is 3.87. The molecule has 0 saturated carbocycles. The maximum Gasteiger partial charge on any atom is 0.327 e. The van der Waals surface area contributed by atoms with E-state index in [1.807, 2.05) is 59.5 Å². The number of carbonyl (C=O) groups is 3. The van der Waals surface area contributed by atoms with Crippen LogP contribution >= 0.6 is 11.3 Å². The lowest BCUT2D eigenvalue weighted by Gasteiger charge is -2.24. The fourth-order valence-electron chi connectivity index (χ4n) is 6.27. The quantitative estimate of drug-likeness (QED) is 0.0893. The van der Waals surface area contributed by atoms with Crippen LogP contribution in [-0.4, -0.2) is 76.1 Å². The number of rotatable bonds is 18. The Hall–Kier alpha value is -4.61. The molecular formula is C42H53N5O5S. The van der Waals surface area contributed by atoms with Gasteiger partial charge in [0.15, 0.2) is 5.82 Å². The second kappa shape index (κ2) is 18.9. The zero-order chi connectivity index (χ0) is 37.8. The van der Waals surface area contributed by atoms with Crippen molar-refractivity contribution >= 4 is 29.1 Å². The molecule has 5 rings (SSSR count). The second-order valence-corrected chi connectivity index (χ2v) is 15.9. The van der Waals surface area contributed by atoms with E-state index in [2.05, 4.69) is 48.3 Å². The molecule has 10 nitrogen and oxygen atoms in total. The Morgan fingerprint density at radius 3 is 2.11 bits per heavy atom. The number of aliphatic carboxylic acids is 1. The van der Waals surface area contributed by atoms with Gasteiger partial charge in [0.1, 0.15) is 17.8 Å². The van der Waals surface area contributed by atoms with Crippen molar-refractivity contribution in [2.24, 2.45) is 0 Å². The number of ether oxygens (including phenoxy) is 1. The summed E-state index contributed by atoms with van der Waals surface area (Å²) in [5.74, 6) is -0.603. The van der Waals surface area contributed by atoms with Crippen LogP contribution in [0.2, 0.25) is 0 Å². The molecule has 2 aromatic heterocycles. The molecule has 53 heavy (non-hydrogen) atoms. The third-order valence-corrected chi connectivity index (χ3v) is 11.0. The molecule has 1 aliphatic rings. The number of amides is 2. The van der Waals surface area contributed by atoms with Crippen molar-refractivity contribution in [3.63, 3.8) is 0 Å². The summed E-state index contributed by atoms with van der Waals surface area (Å²) >= 11 is 1.39. The third-order valence-electron chi connectivity index (χ3n) is 9.45. The molecule has 0 spiro atoms. The molecule has 11 heteroatoms. The van der Waals surface area contributed by atoms with Gasteiger partial charge in [-0.05, 0) is 73.2 Å². The van der Waals surface area contributed by atoms with Crippen LogP contribution in [0.1, 0.15) is 92.8 Å². The van der Waals surface area contributed by atoms with Crippen molar-refractivity contribution in [2.45, 2.75) is 96.6 Å². The van der Waals surface area contributed by atoms with Crippen molar-refractivity contribution in [1.29, 1.82) is 0 Å². The Bertz CT molecular complexity index is 1780. The molecule has 2 unspecified atom stereocenters. The first kappa shape index (κ1) is 39.6. The molecule has 0 aliphatic carbocycles. The largest absolute Gasteiger partial charge is 0.494 e. The predicted molar refractivity (Wildman–Crippen MR) is 210 cm³/mol. The lowest BCUT2D eigenvalue weighted by atomic mass is 9.95. The molecule has 1 aliphatic heterocycles. The fourth-order valence-corrected chi connectivity index (χ4v) is 7.24. The predicted octanol–water partition coefficient (Wildman–Crippen LogP) is 7.53. The van der Waals surface area contributed by atoms with E-state index in [1.165, 1.54) is 37.0 Å². The SMILES string of the molecule is CCCCCCCOc1ccc(-c2cnc(-c3ccc(CC(NC(=O)c4ccc(C(C)(C)C)s4)C(=O)NC(CN4CCCC4)C(=O)O)cc3)nc2)cc1. The van der Waals surface area contributed by atoms with Crippen LogP contribution < -0.4 is 15.4 Å². The molecule has 1 saturated heterocycles. The molecule has 1 fully saturated rings. The van der Waals surface area contributed by atoms with Gasteiger partial charge in [0, 0.05) is 41.4 Å². The number of nitrogens with zero attached hydrogens (tertiary/aromatic N) is 3. The number of unbranched alkanes of at least 4 members (excludes halogenated alkanes) is 4. The first-order valence-corrected chi connectivity index (χ1v) is 19.6. The molecule has 2 amide bonds. The normalized spacial score (nSPS) is 14.4. The van der Waals surface area contributed by atoms with E-state index in [0.29, 0.717) is 10.7 Å². The van der Waals surface area contributed by atoms with Crippen molar-refractivity contribution in [1.82, 2.24) is 25.5 Å². The third kappa shape index (κ3) is 11.7. The highest BCUT2D eigenvalue weighted by Gasteiger charge is 2.30. The maximum absolute atomic E-state index is 13.7. The Morgan fingerprint density at radius 1 is 0.830 bits per heavy atom. The minimum atomic E-state index is -1.10. The number of carboxylic acids is 1. The van der Waals surface area contributed by atoms with E-state index in [9.17, 15) is 19.5 Å². The second-order valence-electron chi connectivity index (χ2n) is 14.8. The maximum atomic E-state index is 13.7. The molecule has 0 bridgehead atoms. The number of benzene rings is 2. The minimum absolute atomic E-state index is 0.121. The number of hydrogen-bond donors (Lipinski definition) is 3. The molecule has 4 aromatic rings. The van der Waals surface area contributed by atoms with Gasteiger partial charge in [-0.3, -0.25) is 9.59 Å². The van der Waals surface area contributed by atoms with Crippen LogP contribution in [0.15, 0.2) is 73.1 Å². The Morgan fingerprint density at radius 2 is 1.49 bits per heavy atom. The minimum Gasteiger partial charge on any atom is -0.494 e. The highest BCUT2D eigenvalue weighted by molar-refractivity contribution is 7.14. The van der Waals surface area contributed by atoms with Gasteiger partial charge in [0.2, 0.25) is 5.91 Å². The number of carboxylic acid groups (broad SMARTS) is 1. The Labute approximate surface area is 317 Å². The van der Waals surface area contributed by atoms with E-state index in [-0.39, 0.29) is 24.3 Å².